The molecule has 0 unspecified atom stereocenters. The van der Waals surface area contributed by atoms with Gasteiger partial charge in [-0.05, 0) is 59.6 Å². The molecular formula is C42H48N4O8. The van der Waals surface area contributed by atoms with Gasteiger partial charge in [0.05, 0.1) is 5.56 Å². The van der Waals surface area contributed by atoms with Crippen molar-refractivity contribution in [3.05, 3.63) is 131 Å². The fourth-order valence-corrected chi connectivity index (χ4v) is 5.37. The van der Waals surface area contributed by atoms with Gasteiger partial charge in [-0.15, -0.1) is 0 Å². The van der Waals surface area contributed by atoms with Gasteiger partial charge in [-0.25, -0.2) is 14.4 Å². The second kappa shape index (κ2) is 20.8. The van der Waals surface area contributed by atoms with Crippen LogP contribution < -0.4 is 21.3 Å². The Bertz CT molecular complexity index is 1730. The molecule has 0 aromatic heterocycles. The van der Waals surface area contributed by atoms with Crippen LogP contribution in [0.25, 0.3) is 0 Å². The van der Waals surface area contributed by atoms with E-state index >= 15 is 0 Å². The number of rotatable bonds is 17. The van der Waals surface area contributed by atoms with Crippen LogP contribution in [0.4, 0.5) is 21.0 Å². The van der Waals surface area contributed by atoms with Crippen LogP contribution in [0.5, 0.6) is 0 Å². The third-order valence-corrected chi connectivity index (χ3v) is 7.97. The minimum Gasteiger partial charge on any atom is -0.457 e. The SMILES string of the molecule is CC(C)C[C@H](NC(=O)OCc1ccccc1)C(=O)Nc1cc(NC(=O)[C@H](CC(C)C)NC(=O)OCc2ccccc2)cc(C(=O)OCc2ccccc2)c1. The van der Waals surface area contributed by atoms with E-state index in [-0.39, 0.29) is 61.4 Å². The lowest BCUT2D eigenvalue weighted by Crippen LogP contribution is -2.45. The van der Waals surface area contributed by atoms with Crippen molar-refractivity contribution < 1.29 is 38.2 Å². The highest BCUT2D eigenvalue weighted by Crippen LogP contribution is 2.22. The highest BCUT2D eigenvalue weighted by molar-refractivity contribution is 6.02. The second-order valence-corrected chi connectivity index (χ2v) is 13.6. The van der Waals surface area contributed by atoms with Crippen LogP contribution in [0.1, 0.15) is 67.6 Å². The van der Waals surface area contributed by atoms with E-state index in [1.165, 1.54) is 18.2 Å². The number of carbonyl (C=O) groups excluding carboxylic acids is 5. The van der Waals surface area contributed by atoms with E-state index in [0.717, 1.165) is 16.7 Å². The van der Waals surface area contributed by atoms with Gasteiger partial charge in [0.15, 0.2) is 0 Å². The van der Waals surface area contributed by atoms with E-state index in [2.05, 4.69) is 21.3 Å². The van der Waals surface area contributed by atoms with Gasteiger partial charge in [-0.2, -0.15) is 0 Å². The van der Waals surface area contributed by atoms with Crippen LogP contribution in [0.3, 0.4) is 0 Å². The van der Waals surface area contributed by atoms with Gasteiger partial charge in [0.25, 0.3) is 0 Å². The lowest BCUT2D eigenvalue weighted by Gasteiger charge is -2.22. The van der Waals surface area contributed by atoms with Gasteiger partial charge in [0, 0.05) is 11.4 Å². The summed E-state index contributed by atoms with van der Waals surface area (Å²) >= 11 is 0. The number of anilines is 2. The molecule has 0 saturated carbocycles. The third kappa shape index (κ3) is 14.1. The summed E-state index contributed by atoms with van der Waals surface area (Å²) in [6.45, 7) is 7.68. The molecule has 0 fully saturated rings. The molecule has 0 aliphatic heterocycles. The Kier molecular flexibility index (Phi) is 15.6. The zero-order chi connectivity index (χ0) is 38.9. The minimum atomic E-state index is -0.985. The Labute approximate surface area is 316 Å². The van der Waals surface area contributed by atoms with Crippen molar-refractivity contribution in [3.63, 3.8) is 0 Å². The van der Waals surface area contributed by atoms with Crippen LogP contribution in [0.2, 0.25) is 0 Å². The summed E-state index contributed by atoms with van der Waals surface area (Å²) < 4.78 is 16.3. The summed E-state index contributed by atoms with van der Waals surface area (Å²) in [5.41, 5.74) is 2.72. The number of hydrogen-bond acceptors (Lipinski definition) is 8. The van der Waals surface area contributed by atoms with Crippen LogP contribution >= 0.6 is 0 Å². The number of amides is 4. The van der Waals surface area contributed by atoms with E-state index in [9.17, 15) is 24.0 Å². The van der Waals surface area contributed by atoms with Crippen molar-refractivity contribution >= 4 is 41.3 Å². The van der Waals surface area contributed by atoms with Gasteiger partial charge < -0.3 is 35.5 Å². The first-order chi connectivity index (χ1) is 25.9. The summed E-state index contributed by atoms with van der Waals surface area (Å²) in [5.74, 6) is -1.78. The summed E-state index contributed by atoms with van der Waals surface area (Å²) in [6.07, 6.45) is -0.955. The number of alkyl carbamates (subject to hydrolysis) is 2. The molecule has 0 radical (unpaired) electrons. The Balaban J connectivity index is 1.52. The normalized spacial score (nSPS) is 11.9. The van der Waals surface area contributed by atoms with E-state index < -0.39 is 42.1 Å². The average Bonchev–Trinajstić information content (AvgIpc) is 3.15. The molecule has 0 spiro atoms. The number of benzene rings is 4. The van der Waals surface area contributed by atoms with Crippen LogP contribution in [0.15, 0.2) is 109 Å². The quantitative estimate of drug-likeness (QED) is 0.0637. The zero-order valence-corrected chi connectivity index (χ0v) is 31.0. The molecule has 4 rings (SSSR count). The average molecular weight is 737 g/mol. The molecule has 4 aromatic carbocycles. The molecule has 4 amide bonds. The second-order valence-electron chi connectivity index (χ2n) is 13.6. The molecule has 0 aliphatic carbocycles. The van der Waals surface area contributed by atoms with Gasteiger partial charge in [0.2, 0.25) is 11.8 Å². The maximum Gasteiger partial charge on any atom is 0.408 e. The molecule has 2 atom stereocenters. The summed E-state index contributed by atoms with van der Waals surface area (Å²) in [7, 11) is 0. The molecule has 284 valence electrons. The molecule has 0 bridgehead atoms. The first-order valence-corrected chi connectivity index (χ1v) is 17.9. The van der Waals surface area contributed by atoms with E-state index in [0.29, 0.717) is 0 Å². The molecule has 0 aliphatic rings. The third-order valence-electron chi connectivity index (χ3n) is 7.97. The number of carbonyl (C=O) groups is 5. The predicted molar refractivity (Wildman–Crippen MR) is 205 cm³/mol. The molecule has 4 N–H and O–H groups in total. The largest absolute Gasteiger partial charge is 0.457 e. The Morgan fingerprint density at radius 1 is 0.500 bits per heavy atom. The zero-order valence-electron chi connectivity index (χ0n) is 31.0. The maximum atomic E-state index is 13.7. The fraction of sp³-hybridized carbons (Fsp3) is 0.310. The van der Waals surface area contributed by atoms with Gasteiger partial charge in [-0.1, -0.05) is 119 Å². The van der Waals surface area contributed by atoms with Gasteiger partial charge in [0.1, 0.15) is 31.9 Å². The maximum absolute atomic E-state index is 13.7. The molecule has 12 heteroatoms. The molecule has 0 heterocycles. The van der Waals surface area contributed by atoms with Crippen molar-refractivity contribution in [2.45, 2.75) is 72.4 Å². The van der Waals surface area contributed by atoms with Crippen molar-refractivity contribution in [3.8, 4) is 0 Å². The Hall–Kier alpha value is -6.17. The first-order valence-electron chi connectivity index (χ1n) is 17.9. The van der Waals surface area contributed by atoms with Crippen LogP contribution in [0, 0.1) is 11.8 Å². The summed E-state index contributed by atoms with van der Waals surface area (Å²) in [4.78, 5) is 66.1. The predicted octanol–water partition coefficient (Wildman–Crippen LogP) is 7.60. The van der Waals surface area contributed by atoms with E-state index in [1.807, 2.05) is 119 Å². The molecule has 4 aromatic rings. The number of esters is 1. The number of ether oxygens (including phenoxy) is 3. The van der Waals surface area contributed by atoms with Gasteiger partial charge in [-0.3, -0.25) is 9.59 Å². The van der Waals surface area contributed by atoms with Crippen molar-refractivity contribution in [2.75, 3.05) is 10.6 Å². The molecule has 54 heavy (non-hydrogen) atoms. The molecular weight excluding hydrogens is 688 g/mol. The minimum absolute atomic E-state index is 0.00506. The molecule has 12 nitrogen and oxygen atoms in total. The lowest BCUT2D eigenvalue weighted by molar-refractivity contribution is -0.119. The van der Waals surface area contributed by atoms with Crippen molar-refractivity contribution in [2.24, 2.45) is 11.8 Å². The topological polar surface area (TPSA) is 161 Å². The van der Waals surface area contributed by atoms with Gasteiger partial charge >= 0.3 is 18.2 Å². The standard InChI is InChI=1S/C42H48N4O8/c1-28(2)20-36(45-41(50)53-26-31-16-10-6-11-17-31)38(47)43-34-22-33(40(49)52-25-30-14-8-5-9-15-30)23-35(24-34)44-39(48)37(21-29(3)4)46-42(51)54-27-32-18-12-7-13-19-32/h5-19,22-24,28-29,36-37H,20-21,25-27H2,1-4H3,(H,43,47)(H,44,48)(H,45,50)(H,46,51)/t36-,37-/m0/s1. The van der Waals surface area contributed by atoms with Crippen LogP contribution in [-0.4, -0.2) is 42.1 Å². The smallest absolute Gasteiger partial charge is 0.408 e. The Morgan fingerprint density at radius 2 is 0.852 bits per heavy atom. The molecule has 0 saturated heterocycles. The van der Waals surface area contributed by atoms with Crippen LogP contribution in [-0.2, 0) is 43.6 Å². The van der Waals surface area contributed by atoms with E-state index in [1.54, 1.807) is 0 Å². The number of nitrogens with one attached hydrogen (secondary N) is 4. The van der Waals surface area contributed by atoms with Crippen molar-refractivity contribution in [1.29, 1.82) is 0 Å². The van der Waals surface area contributed by atoms with Crippen molar-refractivity contribution in [1.82, 2.24) is 10.6 Å². The van der Waals surface area contributed by atoms with E-state index in [4.69, 9.17) is 14.2 Å². The number of hydrogen-bond donors (Lipinski definition) is 4. The fourth-order valence-electron chi connectivity index (χ4n) is 5.37. The summed E-state index contributed by atoms with van der Waals surface area (Å²) in [6, 6.07) is 29.8. The lowest BCUT2D eigenvalue weighted by atomic mass is 10.0. The highest BCUT2D eigenvalue weighted by atomic mass is 16.6. The Morgan fingerprint density at radius 3 is 1.20 bits per heavy atom. The summed E-state index contributed by atoms with van der Waals surface area (Å²) in [5, 5.41) is 10.8. The highest BCUT2D eigenvalue weighted by Gasteiger charge is 2.26. The monoisotopic (exact) mass is 736 g/mol. The first kappa shape index (κ1) is 40.6.